The van der Waals surface area contributed by atoms with Gasteiger partial charge in [0.15, 0.2) is 0 Å². The SMILES string of the molecule is O=C(Nc1cccc(CS(=O)C2CCOCC2)c1)c1cnc(-c2ccccc2F)s1. The van der Waals surface area contributed by atoms with Gasteiger partial charge < -0.3 is 10.1 Å². The van der Waals surface area contributed by atoms with Gasteiger partial charge in [-0.05, 0) is 42.7 Å². The van der Waals surface area contributed by atoms with E-state index in [2.05, 4.69) is 10.3 Å². The third-order valence-electron chi connectivity index (χ3n) is 4.87. The first-order chi connectivity index (χ1) is 14.6. The fourth-order valence-electron chi connectivity index (χ4n) is 3.29. The van der Waals surface area contributed by atoms with Crippen molar-refractivity contribution < 1.29 is 18.1 Å². The molecule has 2 aromatic carbocycles. The monoisotopic (exact) mass is 444 g/mol. The third kappa shape index (κ3) is 5.00. The van der Waals surface area contributed by atoms with Crippen LogP contribution in [0.25, 0.3) is 10.6 Å². The lowest BCUT2D eigenvalue weighted by Gasteiger charge is -2.21. The molecule has 0 bridgehead atoms. The first-order valence-electron chi connectivity index (χ1n) is 9.66. The summed E-state index contributed by atoms with van der Waals surface area (Å²) in [5.74, 6) is -0.228. The number of nitrogens with zero attached hydrogens (tertiary/aromatic N) is 1. The minimum Gasteiger partial charge on any atom is -0.381 e. The van der Waals surface area contributed by atoms with Crippen molar-refractivity contribution in [1.82, 2.24) is 4.98 Å². The molecule has 1 N–H and O–H groups in total. The number of hydrogen-bond donors (Lipinski definition) is 1. The summed E-state index contributed by atoms with van der Waals surface area (Å²) in [4.78, 5) is 17.2. The number of anilines is 1. The van der Waals surface area contributed by atoms with Gasteiger partial charge in [-0.2, -0.15) is 0 Å². The van der Waals surface area contributed by atoms with Crippen molar-refractivity contribution in [2.75, 3.05) is 18.5 Å². The summed E-state index contributed by atoms with van der Waals surface area (Å²) in [6.45, 7) is 1.33. The van der Waals surface area contributed by atoms with Gasteiger partial charge >= 0.3 is 0 Å². The standard InChI is InChI=1S/C22H21FN2O3S2/c23-19-7-2-1-6-18(19)22-24-13-20(29-22)21(26)25-16-5-3-4-15(12-16)14-30(27)17-8-10-28-11-9-17/h1-7,12-13,17H,8-11,14H2,(H,25,26). The van der Waals surface area contributed by atoms with E-state index in [4.69, 9.17) is 4.74 Å². The number of amides is 1. The van der Waals surface area contributed by atoms with E-state index in [0.29, 0.717) is 40.1 Å². The molecule has 0 aliphatic carbocycles. The predicted octanol–water partition coefficient (Wildman–Crippen LogP) is 4.63. The second-order valence-corrected chi connectivity index (χ2v) is 9.75. The van der Waals surface area contributed by atoms with Crippen LogP contribution in [0.2, 0.25) is 0 Å². The van der Waals surface area contributed by atoms with Crippen LogP contribution >= 0.6 is 11.3 Å². The zero-order chi connectivity index (χ0) is 20.9. The Hall–Kier alpha value is -2.42. The molecule has 8 heteroatoms. The zero-order valence-corrected chi connectivity index (χ0v) is 17.8. The number of aromatic nitrogens is 1. The van der Waals surface area contributed by atoms with Crippen LogP contribution in [-0.4, -0.2) is 33.6 Å². The topological polar surface area (TPSA) is 68.3 Å². The lowest BCUT2D eigenvalue weighted by Crippen LogP contribution is -2.25. The summed E-state index contributed by atoms with van der Waals surface area (Å²) in [5.41, 5.74) is 1.91. The van der Waals surface area contributed by atoms with Gasteiger partial charge in [-0.25, -0.2) is 9.37 Å². The van der Waals surface area contributed by atoms with Crippen LogP contribution in [0, 0.1) is 5.82 Å². The Balaban J connectivity index is 1.42. The van der Waals surface area contributed by atoms with E-state index in [1.54, 1.807) is 24.3 Å². The Labute approximate surface area is 180 Å². The average molecular weight is 445 g/mol. The van der Waals surface area contributed by atoms with E-state index in [0.717, 1.165) is 29.7 Å². The van der Waals surface area contributed by atoms with Crippen molar-refractivity contribution in [3.8, 4) is 10.6 Å². The fourth-order valence-corrected chi connectivity index (χ4v) is 5.59. The molecule has 1 amide bonds. The number of hydrogen-bond acceptors (Lipinski definition) is 5. The van der Waals surface area contributed by atoms with E-state index in [-0.39, 0.29) is 17.0 Å². The number of thiazole rings is 1. The van der Waals surface area contributed by atoms with E-state index in [1.165, 1.54) is 12.3 Å². The summed E-state index contributed by atoms with van der Waals surface area (Å²) >= 11 is 1.14. The van der Waals surface area contributed by atoms with E-state index >= 15 is 0 Å². The molecule has 2 heterocycles. The quantitative estimate of drug-likeness (QED) is 0.602. The number of rotatable bonds is 6. The smallest absolute Gasteiger partial charge is 0.267 e. The highest BCUT2D eigenvalue weighted by Crippen LogP contribution is 2.28. The summed E-state index contributed by atoms with van der Waals surface area (Å²) in [5, 5.41) is 3.47. The number of halogens is 1. The van der Waals surface area contributed by atoms with E-state index < -0.39 is 10.8 Å². The Bertz CT molecular complexity index is 1060. The molecule has 0 radical (unpaired) electrons. The highest BCUT2D eigenvalue weighted by atomic mass is 32.2. The molecule has 1 saturated heterocycles. The van der Waals surface area contributed by atoms with Crippen LogP contribution in [0.1, 0.15) is 28.1 Å². The van der Waals surface area contributed by atoms with Gasteiger partial charge in [0, 0.05) is 46.3 Å². The van der Waals surface area contributed by atoms with Crippen LogP contribution in [0.4, 0.5) is 10.1 Å². The zero-order valence-electron chi connectivity index (χ0n) is 16.2. The van der Waals surface area contributed by atoms with Gasteiger partial charge in [0.1, 0.15) is 15.7 Å². The summed E-state index contributed by atoms with van der Waals surface area (Å²) < 4.78 is 31.9. The highest BCUT2D eigenvalue weighted by Gasteiger charge is 2.20. The molecule has 30 heavy (non-hydrogen) atoms. The van der Waals surface area contributed by atoms with Crippen molar-refractivity contribution >= 4 is 33.7 Å². The molecule has 0 saturated carbocycles. The third-order valence-corrected chi connectivity index (χ3v) is 7.73. The molecule has 4 rings (SSSR count). The van der Waals surface area contributed by atoms with Crippen molar-refractivity contribution in [1.29, 1.82) is 0 Å². The Kier molecular flexibility index (Phi) is 6.66. The first kappa shape index (κ1) is 20.8. The van der Waals surface area contributed by atoms with Crippen LogP contribution in [-0.2, 0) is 21.3 Å². The molecule has 1 aromatic heterocycles. The lowest BCUT2D eigenvalue weighted by molar-refractivity contribution is 0.0991. The summed E-state index contributed by atoms with van der Waals surface area (Å²) in [6.07, 6.45) is 3.09. The summed E-state index contributed by atoms with van der Waals surface area (Å²) in [7, 11) is -0.971. The highest BCUT2D eigenvalue weighted by molar-refractivity contribution is 7.84. The van der Waals surface area contributed by atoms with Crippen molar-refractivity contribution in [3.63, 3.8) is 0 Å². The maximum atomic E-state index is 13.9. The molecule has 1 atom stereocenters. The number of carbonyl (C=O) groups is 1. The minimum absolute atomic E-state index is 0.158. The summed E-state index contributed by atoms with van der Waals surface area (Å²) in [6, 6.07) is 13.7. The number of nitrogens with one attached hydrogen (secondary N) is 1. The van der Waals surface area contributed by atoms with Gasteiger partial charge in [-0.1, -0.05) is 24.3 Å². The van der Waals surface area contributed by atoms with Gasteiger partial charge in [0.2, 0.25) is 0 Å². The van der Waals surface area contributed by atoms with Crippen LogP contribution < -0.4 is 5.32 Å². The van der Waals surface area contributed by atoms with Gasteiger partial charge in [-0.3, -0.25) is 9.00 Å². The molecule has 0 spiro atoms. The number of benzene rings is 2. The molecular weight excluding hydrogens is 423 g/mol. The normalized spacial score (nSPS) is 15.6. The predicted molar refractivity (Wildman–Crippen MR) is 118 cm³/mol. The molecule has 156 valence electrons. The minimum atomic E-state index is -0.971. The van der Waals surface area contributed by atoms with Crippen LogP contribution in [0.3, 0.4) is 0 Å². The molecule has 3 aromatic rings. The van der Waals surface area contributed by atoms with Crippen LogP contribution in [0.15, 0.2) is 54.7 Å². The van der Waals surface area contributed by atoms with Gasteiger partial charge in [-0.15, -0.1) is 11.3 Å². The van der Waals surface area contributed by atoms with Gasteiger partial charge in [0.05, 0.1) is 6.20 Å². The Morgan fingerprint density at radius 1 is 1.20 bits per heavy atom. The molecule has 1 unspecified atom stereocenters. The Morgan fingerprint density at radius 2 is 2.00 bits per heavy atom. The average Bonchev–Trinajstić information content (AvgIpc) is 3.25. The number of ether oxygens (including phenoxy) is 1. The molecule has 5 nitrogen and oxygen atoms in total. The second-order valence-electron chi connectivity index (χ2n) is 7.00. The maximum absolute atomic E-state index is 13.9. The number of carbonyl (C=O) groups excluding carboxylic acids is 1. The first-order valence-corrected chi connectivity index (χ1v) is 11.9. The fraction of sp³-hybridized carbons (Fsp3) is 0.273. The van der Waals surface area contributed by atoms with Crippen molar-refractivity contribution in [2.45, 2.75) is 23.8 Å². The lowest BCUT2D eigenvalue weighted by atomic mass is 10.2. The largest absolute Gasteiger partial charge is 0.381 e. The second kappa shape index (κ2) is 9.59. The van der Waals surface area contributed by atoms with Crippen molar-refractivity contribution in [3.05, 3.63) is 71.0 Å². The van der Waals surface area contributed by atoms with E-state index in [1.807, 2.05) is 18.2 Å². The van der Waals surface area contributed by atoms with Crippen LogP contribution in [0.5, 0.6) is 0 Å². The van der Waals surface area contributed by atoms with E-state index in [9.17, 15) is 13.4 Å². The van der Waals surface area contributed by atoms with Gasteiger partial charge in [0.25, 0.3) is 5.91 Å². The maximum Gasteiger partial charge on any atom is 0.267 e. The molecule has 1 fully saturated rings. The molecule has 1 aliphatic heterocycles. The molecular formula is C22H21FN2O3S2. The Morgan fingerprint density at radius 3 is 2.80 bits per heavy atom. The molecule has 1 aliphatic rings. The van der Waals surface area contributed by atoms with Crippen molar-refractivity contribution in [2.24, 2.45) is 0 Å².